The molecule has 6 heteroatoms. The van der Waals surface area contributed by atoms with Crippen molar-refractivity contribution in [3.8, 4) is 0 Å². The highest BCUT2D eigenvalue weighted by atomic mass is 19.1. The molecule has 0 spiro atoms. The Labute approximate surface area is 116 Å². The van der Waals surface area contributed by atoms with Gasteiger partial charge >= 0.3 is 6.03 Å². The smallest absolute Gasteiger partial charge is 0.318 e. The maximum Gasteiger partial charge on any atom is 0.318 e. The van der Waals surface area contributed by atoms with E-state index < -0.39 is 6.04 Å². The van der Waals surface area contributed by atoms with Gasteiger partial charge in [0.1, 0.15) is 11.9 Å². The zero-order chi connectivity index (χ0) is 14.1. The Bertz CT molecular complexity index is 528. The van der Waals surface area contributed by atoms with E-state index in [1.165, 1.54) is 17.0 Å². The lowest BCUT2D eigenvalue weighted by atomic mass is 10.0. The van der Waals surface area contributed by atoms with Gasteiger partial charge in [0.15, 0.2) is 0 Å². The summed E-state index contributed by atoms with van der Waals surface area (Å²) in [6, 6.07) is 5.01. The first-order valence-corrected chi connectivity index (χ1v) is 6.75. The molecule has 1 aromatic carbocycles. The fourth-order valence-electron chi connectivity index (χ4n) is 2.35. The van der Waals surface area contributed by atoms with Gasteiger partial charge in [-0.25, -0.2) is 9.18 Å². The van der Waals surface area contributed by atoms with Crippen molar-refractivity contribution in [1.29, 1.82) is 0 Å². The molecule has 1 unspecified atom stereocenters. The number of carbonyl (C=O) groups is 2. The average molecular weight is 277 g/mol. The van der Waals surface area contributed by atoms with Crippen LogP contribution < -0.4 is 10.6 Å². The fourth-order valence-corrected chi connectivity index (χ4v) is 2.35. The van der Waals surface area contributed by atoms with Gasteiger partial charge in [-0.15, -0.1) is 0 Å². The summed E-state index contributed by atoms with van der Waals surface area (Å²) in [4.78, 5) is 25.8. The minimum Gasteiger partial charge on any atom is -0.352 e. The molecule has 1 aromatic rings. The molecule has 1 aliphatic heterocycles. The average Bonchev–Trinajstić information content (AvgIpc) is 3.23. The largest absolute Gasteiger partial charge is 0.352 e. The molecule has 2 aliphatic rings. The van der Waals surface area contributed by atoms with Crippen molar-refractivity contribution in [3.05, 3.63) is 35.6 Å². The molecule has 1 atom stereocenters. The number of rotatable bonds is 2. The van der Waals surface area contributed by atoms with Crippen LogP contribution in [-0.2, 0) is 4.79 Å². The highest BCUT2D eigenvalue weighted by Crippen LogP contribution is 2.25. The fraction of sp³-hybridized carbons (Fsp3) is 0.429. The van der Waals surface area contributed by atoms with Crippen molar-refractivity contribution in [2.75, 3.05) is 13.1 Å². The van der Waals surface area contributed by atoms with E-state index >= 15 is 0 Å². The first kappa shape index (κ1) is 12.9. The van der Waals surface area contributed by atoms with Crippen LogP contribution in [0.15, 0.2) is 24.3 Å². The monoisotopic (exact) mass is 277 g/mol. The van der Waals surface area contributed by atoms with Gasteiger partial charge in [-0.2, -0.15) is 0 Å². The van der Waals surface area contributed by atoms with Crippen LogP contribution in [0.5, 0.6) is 0 Å². The SMILES string of the molecule is O=C1NCCN(C(=O)NC2CC2)C1c1ccc(F)cc1. The molecule has 3 rings (SSSR count). The summed E-state index contributed by atoms with van der Waals surface area (Å²) in [5, 5.41) is 5.63. The molecule has 0 aromatic heterocycles. The summed E-state index contributed by atoms with van der Waals surface area (Å²) < 4.78 is 13.0. The summed E-state index contributed by atoms with van der Waals surface area (Å²) in [5.41, 5.74) is 0.620. The Morgan fingerprint density at radius 1 is 1.30 bits per heavy atom. The molecule has 1 saturated carbocycles. The topological polar surface area (TPSA) is 61.4 Å². The quantitative estimate of drug-likeness (QED) is 0.852. The van der Waals surface area contributed by atoms with Crippen molar-refractivity contribution >= 4 is 11.9 Å². The number of benzene rings is 1. The second kappa shape index (κ2) is 5.11. The van der Waals surface area contributed by atoms with E-state index in [0.717, 1.165) is 12.8 Å². The molecule has 1 aliphatic carbocycles. The normalized spacial score (nSPS) is 22.4. The number of nitrogens with zero attached hydrogens (tertiary/aromatic N) is 1. The van der Waals surface area contributed by atoms with E-state index in [9.17, 15) is 14.0 Å². The Kier molecular flexibility index (Phi) is 3.30. The second-order valence-electron chi connectivity index (χ2n) is 5.16. The lowest BCUT2D eigenvalue weighted by molar-refractivity contribution is -0.127. The molecule has 2 fully saturated rings. The van der Waals surface area contributed by atoms with Crippen molar-refractivity contribution in [2.24, 2.45) is 0 Å². The highest BCUT2D eigenvalue weighted by molar-refractivity contribution is 5.89. The van der Waals surface area contributed by atoms with Crippen molar-refractivity contribution < 1.29 is 14.0 Å². The molecule has 3 amide bonds. The third kappa shape index (κ3) is 2.59. The summed E-state index contributed by atoms with van der Waals surface area (Å²) >= 11 is 0. The number of hydrogen-bond acceptors (Lipinski definition) is 2. The lowest BCUT2D eigenvalue weighted by Crippen LogP contribution is -2.55. The summed E-state index contributed by atoms with van der Waals surface area (Å²) in [5.74, 6) is -0.590. The van der Waals surface area contributed by atoms with E-state index in [2.05, 4.69) is 10.6 Å². The minimum absolute atomic E-state index is 0.225. The lowest BCUT2D eigenvalue weighted by Gasteiger charge is -2.35. The van der Waals surface area contributed by atoms with Gasteiger partial charge in [0.05, 0.1) is 0 Å². The predicted molar refractivity (Wildman–Crippen MR) is 70.4 cm³/mol. The molecule has 1 saturated heterocycles. The molecule has 0 bridgehead atoms. The second-order valence-corrected chi connectivity index (χ2v) is 5.16. The number of urea groups is 1. The Balaban J connectivity index is 1.83. The maximum atomic E-state index is 13.0. The molecular weight excluding hydrogens is 261 g/mol. The number of hydrogen-bond donors (Lipinski definition) is 2. The third-order valence-electron chi connectivity index (χ3n) is 3.56. The molecular formula is C14H16FN3O2. The van der Waals surface area contributed by atoms with E-state index in [1.807, 2.05) is 0 Å². The van der Waals surface area contributed by atoms with Crippen LogP contribution in [0.2, 0.25) is 0 Å². The van der Waals surface area contributed by atoms with E-state index in [1.54, 1.807) is 12.1 Å². The number of piperazine rings is 1. The zero-order valence-electron chi connectivity index (χ0n) is 10.9. The van der Waals surface area contributed by atoms with Crippen LogP contribution in [0.4, 0.5) is 9.18 Å². The predicted octanol–water partition coefficient (Wildman–Crippen LogP) is 1.17. The van der Waals surface area contributed by atoms with Gasteiger partial charge in [0, 0.05) is 19.1 Å². The Morgan fingerprint density at radius 3 is 2.65 bits per heavy atom. The molecule has 5 nitrogen and oxygen atoms in total. The molecule has 2 N–H and O–H groups in total. The van der Waals surface area contributed by atoms with Crippen LogP contribution in [0, 0.1) is 5.82 Å². The van der Waals surface area contributed by atoms with Crippen LogP contribution >= 0.6 is 0 Å². The number of amides is 3. The molecule has 106 valence electrons. The maximum absolute atomic E-state index is 13.0. The number of carbonyl (C=O) groups excluding carboxylic acids is 2. The summed E-state index contributed by atoms with van der Waals surface area (Å²) in [6.45, 7) is 0.890. The van der Waals surface area contributed by atoms with Crippen LogP contribution in [-0.4, -0.2) is 36.0 Å². The third-order valence-corrected chi connectivity index (χ3v) is 3.56. The summed E-state index contributed by atoms with van der Waals surface area (Å²) in [7, 11) is 0. The van der Waals surface area contributed by atoms with Gasteiger partial charge in [-0.3, -0.25) is 4.79 Å². The Hall–Kier alpha value is -2.11. The van der Waals surface area contributed by atoms with Gasteiger partial charge in [0.2, 0.25) is 5.91 Å². The zero-order valence-corrected chi connectivity index (χ0v) is 10.9. The molecule has 1 heterocycles. The molecule has 20 heavy (non-hydrogen) atoms. The first-order chi connectivity index (χ1) is 9.65. The minimum atomic E-state index is -0.692. The number of nitrogens with one attached hydrogen (secondary N) is 2. The van der Waals surface area contributed by atoms with E-state index in [-0.39, 0.29) is 23.8 Å². The standard InChI is InChI=1S/C14H16FN3O2/c15-10-3-1-9(2-4-10)12-13(19)16-7-8-18(12)14(20)17-11-5-6-11/h1-4,11-12H,5-8H2,(H,16,19)(H,17,20). The van der Waals surface area contributed by atoms with Crippen molar-refractivity contribution in [1.82, 2.24) is 15.5 Å². The van der Waals surface area contributed by atoms with Crippen molar-refractivity contribution in [2.45, 2.75) is 24.9 Å². The van der Waals surface area contributed by atoms with Gasteiger partial charge in [-0.1, -0.05) is 12.1 Å². The van der Waals surface area contributed by atoms with Crippen LogP contribution in [0.1, 0.15) is 24.4 Å². The number of halogens is 1. The van der Waals surface area contributed by atoms with Crippen LogP contribution in [0.3, 0.4) is 0 Å². The van der Waals surface area contributed by atoms with Gasteiger partial charge in [-0.05, 0) is 30.5 Å². The van der Waals surface area contributed by atoms with E-state index in [0.29, 0.717) is 18.7 Å². The van der Waals surface area contributed by atoms with Crippen molar-refractivity contribution in [3.63, 3.8) is 0 Å². The van der Waals surface area contributed by atoms with Gasteiger partial charge in [0.25, 0.3) is 0 Å². The first-order valence-electron chi connectivity index (χ1n) is 6.75. The summed E-state index contributed by atoms with van der Waals surface area (Å²) in [6.07, 6.45) is 1.99. The Morgan fingerprint density at radius 2 is 2.00 bits per heavy atom. The highest BCUT2D eigenvalue weighted by Gasteiger charge is 2.36. The molecule has 0 radical (unpaired) electrons. The van der Waals surface area contributed by atoms with E-state index in [4.69, 9.17) is 0 Å². The van der Waals surface area contributed by atoms with Gasteiger partial charge < -0.3 is 15.5 Å². The van der Waals surface area contributed by atoms with Crippen LogP contribution in [0.25, 0.3) is 0 Å².